The second-order valence-corrected chi connectivity index (χ2v) is 4.42. The van der Waals surface area contributed by atoms with Crippen LogP contribution >= 0.6 is 0 Å². The van der Waals surface area contributed by atoms with Crippen LogP contribution in [0.3, 0.4) is 0 Å². The highest BCUT2D eigenvalue weighted by atomic mass is 19.1. The van der Waals surface area contributed by atoms with Crippen LogP contribution in [0.25, 0.3) is 10.9 Å². The largest absolute Gasteiger partial charge is 0.308 e. The van der Waals surface area contributed by atoms with E-state index in [1.54, 1.807) is 18.3 Å². The third-order valence-electron chi connectivity index (χ3n) is 3.23. The molecule has 98 valence electrons. The maximum Gasteiger partial charge on any atom is 0.262 e. The number of carbonyl (C=O) groups is 1. The highest BCUT2D eigenvalue weighted by Crippen LogP contribution is 2.20. The van der Waals surface area contributed by atoms with Crippen molar-refractivity contribution in [2.24, 2.45) is 0 Å². The Balaban J connectivity index is 2.13. The standard InChI is InChI=1S/C16H11FN2O/c17-13-6-4-11(5-7-13)16(20)19-9-8-14-12(10-18)2-1-3-15(14)19/h1-10,18H. The van der Waals surface area contributed by atoms with Crippen molar-refractivity contribution in [2.45, 2.75) is 0 Å². The van der Waals surface area contributed by atoms with Crippen LogP contribution in [-0.4, -0.2) is 16.7 Å². The summed E-state index contributed by atoms with van der Waals surface area (Å²) in [6, 6.07) is 12.7. The summed E-state index contributed by atoms with van der Waals surface area (Å²) in [6.07, 6.45) is 2.93. The van der Waals surface area contributed by atoms with E-state index in [1.807, 2.05) is 12.1 Å². The molecule has 0 bridgehead atoms. The number of rotatable bonds is 2. The first-order chi connectivity index (χ1) is 9.70. The highest BCUT2D eigenvalue weighted by Gasteiger charge is 2.12. The molecule has 3 nitrogen and oxygen atoms in total. The van der Waals surface area contributed by atoms with Gasteiger partial charge in [0, 0.05) is 28.9 Å². The zero-order valence-electron chi connectivity index (χ0n) is 10.5. The van der Waals surface area contributed by atoms with E-state index in [4.69, 9.17) is 5.41 Å². The minimum atomic E-state index is -0.370. The predicted octanol–water partition coefficient (Wildman–Crippen LogP) is 3.47. The molecule has 2 aromatic carbocycles. The summed E-state index contributed by atoms with van der Waals surface area (Å²) < 4.78 is 14.4. The van der Waals surface area contributed by atoms with Crippen molar-refractivity contribution in [3.05, 3.63) is 71.7 Å². The van der Waals surface area contributed by atoms with Crippen molar-refractivity contribution >= 4 is 23.0 Å². The lowest BCUT2D eigenvalue weighted by atomic mass is 10.1. The fraction of sp³-hybridized carbons (Fsp3) is 0. The zero-order valence-corrected chi connectivity index (χ0v) is 10.5. The smallest absolute Gasteiger partial charge is 0.262 e. The lowest BCUT2D eigenvalue weighted by Crippen LogP contribution is -2.10. The van der Waals surface area contributed by atoms with Crippen LogP contribution in [0.2, 0.25) is 0 Å². The summed E-state index contributed by atoms with van der Waals surface area (Å²) in [5.74, 6) is -0.591. The van der Waals surface area contributed by atoms with E-state index in [2.05, 4.69) is 0 Å². The van der Waals surface area contributed by atoms with Gasteiger partial charge >= 0.3 is 0 Å². The summed E-state index contributed by atoms with van der Waals surface area (Å²) >= 11 is 0. The first-order valence-electron chi connectivity index (χ1n) is 6.11. The van der Waals surface area contributed by atoms with Crippen LogP contribution in [-0.2, 0) is 0 Å². The van der Waals surface area contributed by atoms with Crippen molar-refractivity contribution < 1.29 is 9.18 Å². The second kappa shape index (κ2) is 4.74. The molecule has 3 aromatic rings. The van der Waals surface area contributed by atoms with Gasteiger partial charge in [-0.3, -0.25) is 9.36 Å². The quantitative estimate of drug-likeness (QED) is 0.709. The van der Waals surface area contributed by atoms with E-state index in [0.717, 1.165) is 16.5 Å². The van der Waals surface area contributed by atoms with Crippen LogP contribution < -0.4 is 0 Å². The Morgan fingerprint density at radius 3 is 2.55 bits per heavy atom. The maximum atomic E-state index is 12.9. The number of nitrogens with one attached hydrogen (secondary N) is 1. The maximum absolute atomic E-state index is 12.9. The molecule has 1 aromatic heterocycles. The second-order valence-electron chi connectivity index (χ2n) is 4.42. The first kappa shape index (κ1) is 12.3. The lowest BCUT2D eigenvalue weighted by Gasteiger charge is -2.05. The van der Waals surface area contributed by atoms with Gasteiger partial charge in [-0.1, -0.05) is 12.1 Å². The Hall–Kier alpha value is -2.75. The lowest BCUT2D eigenvalue weighted by molar-refractivity contribution is 0.0965. The Morgan fingerprint density at radius 1 is 1.10 bits per heavy atom. The Kier molecular flexibility index (Phi) is 2.91. The molecule has 0 aliphatic rings. The van der Waals surface area contributed by atoms with E-state index in [9.17, 15) is 9.18 Å². The van der Waals surface area contributed by atoms with Gasteiger partial charge in [0.15, 0.2) is 0 Å². The fourth-order valence-corrected chi connectivity index (χ4v) is 2.23. The molecular formula is C16H11FN2O. The van der Waals surface area contributed by atoms with Crippen LogP contribution in [0, 0.1) is 11.2 Å². The summed E-state index contributed by atoms with van der Waals surface area (Å²) in [4.78, 5) is 12.4. The van der Waals surface area contributed by atoms with Gasteiger partial charge in [0.05, 0.1) is 5.52 Å². The number of hydrogen-bond donors (Lipinski definition) is 1. The molecule has 0 saturated carbocycles. The molecule has 0 fully saturated rings. The van der Waals surface area contributed by atoms with Crippen molar-refractivity contribution in [3.63, 3.8) is 0 Å². The minimum Gasteiger partial charge on any atom is -0.308 e. The normalized spacial score (nSPS) is 10.7. The predicted molar refractivity (Wildman–Crippen MR) is 76.0 cm³/mol. The molecule has 1 N–H and O–H groups in total. The number of carbonyl (C=O) groups excluding carboxylic acids is 1. The van der Waals surface area contributed by atoms with E-state index in [-0.39, 0.29) is 11.7 Å². The molecule has 0 spiro atoms. The molecule has 0 aliphatic carbocycles. The number of hydrogen-bond acceptors (Lipinski definition) is 2. The van der Waals surface area contributed by atoms with E-state index < -0.39 is 0 Å². The number of halogens is 1. The third kappa shape index (κ3) is 1.91. The van der Waals surface area contributed by atoms with Crippen LogP contribution in [0.15, 0.2) is 54.7 Å². The molecular weight excluding hydrogens is 255 g/mol. The van der Waals surface area contributed by atoms with Gasteiger partial charge in [0.25, 0.3) is 5.91 Å². The molecule has 0 saturated heterocycles. The third-order valence-corrected chi connectivity index (χ3v) is 3.23. The minimum absolute atomic E-state index is 0.220. The fourth-order valence-electron chi connectivity index (χ4n) is 2.23. The van der Waals surface area contributed by atoms with Gasteiger partial charge in [0.2, 0.25) is 0 Å². The van der Waals surface area contributed by atoms with Crippen LogP contribution in [0.1, 0.15) is 15.9 Å². The molecule has 0 aliphatic heterocycles. The summed E-state index contributed by atoms with van der Waals surface area (Å²) in [7, 11) is 0. The average molecular weight is 266 g/mol. The zero-order chi connectivity index (χ0) is 14.1. The van der Waals surface area contributed by atoms with Crippen molar-refractivity contribution in [3.8, 4) is 0 Å². The van der Waals surface area contributed by atoms with Crippen molar-refractivity contribution in [1.82, 2.24) is 4.57 Å². The topological polar surface area (TPSA) is 45.9 Å². The Bertz CT molecular complexity index is 803. The van der Waals surface area contributed by atoms with Crippen molar-refractivity contribution in [1.29, 1.82) is 5.41 Å². The van der Waals surface area contributed by atoms with Crippen LogP contribution in [0.5, 0.6) is 0 Å². The van der Waals surface area contributed by atoms with Crippen molar-refractivity contribution in [2.75, 3.05) is 0 Å². The van der Waals surface area contributed by atoms with E-state index in [1.165, 1.54) is 35.0 Å². The summed E-state index contributed by atoms with van der Waals surface area (Å²) in [6.45, 7) is 0. The van der Waals surface area contributed by atoms with E-state index in [0.29, 0.717) is 5.56 Å². The molecule has 0 atom stereocenters. The van der Waals surface area contributed by atoms with Gasteiger partial charge in [-0.25, -0.2) is 4.39 Å². The SMILES string of the molecule is N=Cc1cccc2c1ccn2C(=O)c1ccc(F)cc1. The number of benzene rings is 2. The Labute approximate surface area is 114 Å². The Morgan fingerprint density at radius 2 is 1.85 bits per heavy atom. The molecule has 0 unspecified atom stereocenters. The van der Waals surface area contributed by atoms with Crippen LogP contribution in [0.4, 0.5) is 4.39 Å². The summed E-state index contributed by atoms with van der Waals surface area (Å²) in [5.41, 5.74) is 1.91. The van der Waals surface area contributed by atoms with E-state index >= 15 is 0 Å². The van der Waals surface area contributed by atoms with Gasteiger partial charge in [-0.15, -0.1) is 0 Å². The molecule has 0 amide bonds. The molecule has 1 heterocycles. The molecule has 3 rings (SSSR count). The number of nitrogens with zero attached hydrogens (tertiary/aromatic N) is 1. The first-order valence-corrected chi connectivity index (χ1v) is 6.11. The monoisotopic (exact) mass is 266 g/mol. The molecule has 0 radical (unpaired) electrons. The number of aromatic nitrogens is 1. The average Bonchev–Trinajstić information content (AvgIpc) is 2.91. The number of fused-ring (bicyclic) bond motifs is 1. The van der Waals surface area contributed by atoms with Gasteiger partial charge < -0.3 is 5.41 Å². The van der Waals surface area contributed by atoms with Gasteiger partial charge in [-0.05, 0) is 36.4 Å². The van der Waals surface area contributed by atoms with Gasteiger partial charge in [0.1, 0.15) is 5.82 Å². The summed E-state index contributed by atoms with van der Waals surface area (Å²) in [5, 5.41) is 8.21. The highest BCUT2D eigenvalue weighted by molar-refractivity contribution is 6.05. The molecule has 4 heteroatoms. The molecule has 20 heavy (non-hydrogen) atoms. The van der Waals surface area contributed by atoms with Gasteiger partial charge in [-0.2, -0.15) is 0 Å².